The van der Waals surface area contributed by atoms with Crippen LogP contribution in [0, 0.1) is 11.8 Å². The summed E-state index contributed by atoms with van der Waals surface area (Å²) in [6.45, 7) is 10.2. The molecule has 0 aliphatic carbocycles. The predicted molar refractivity (Wildman–Crippen MR) is 128 cm³/mol. The minimum absolute atomic E-state index is 0. The van der Waals surface area contributed by atoms with Crippen LogP contribution in [-0.2, 0) is 19.1 Å². The molecule has 0 bridgehead atoms. The number of nitrogens with zero attached hydrogens (tertiary/aromatic N) is 2. The first kappa shape index (κ1) is 32.2. The van der Waals surface area contributed by atoms with E-state index in [1.807, 2.05) is 34.6 Å². The molecule has 2 unspecified atom stereocenters. The molecule has 2 heterocycles. The SMILES string of the molecule is CCCOc1cc(C(C(=O)OC)C(C)C)on1.COC(=O)C(c1cc(OCCO)no1)C(C)C.Cl. The van der Waals surface area contributed by atoms with Gasteiger partial charge in [-0.25, -0.2) is 0 Å². The van der Waals surface area contributed by atoms with Crippen LogP contribution in [0.4, 0.5) is 0 Å². The maximum absolute atomic E-state index is 11.6. The Morgan fingerprint density at radius 2 is 1.26 bits per heavy atom. The summed E-state index contributed by atoms with van der Waals surface area (Å²) in [5.74, 6) is 0.0294. The van der Waals surface area contributed by atoms with Gasteiger partial charge in [0, 0.05) is 12.1 Å². The topological polar surface area (TPSA) is 143 Å². The van der Waals surface area contributed by atoms with E-state index >= 15 is 0 Å². The molecule has 0 aromatic carbocycles. The molecule has 0 saturated carbocycles. The standard InChI is InChI=1S/C12H19NO4.C11H17NO5.ClH/c1-5-6-16-10-7-9(17-13-10)11(8(2)3)12(14)15-4;1-7(2)10(11(14)15-3)8-6-9(12-17-8)16-5-4-13;/h7-8,11H,5-6H2,1-4H3;6-7,10,13H,4-5H2,1-3H3;1H. The van der Waals surface area contributed by atoms with Crippen molar-refractivity contribution in [2.45, 2.75) is 52.9 Å². The Labute approximate surface area is 211 Å². The average molecular weight is 521 g/mol. The van der Waals surface area contributed by atoms with E-state index in [0.29, 0.717) is 24.0 Å². The van der Waals surface area contributed by atoms with Gasteiger partial charge in [-0.15, -0.1) is 12.4 Å². The molecule has 200 valence electrons. The van der Waals surface area contributed by atoms with Crippen LogP contribution >= 0.6 is 12.4 Å². The monoisotopic (exact) mass is 520 g/mol. The van der Waals surface area contributed by atoms with E-state index in [-0.39, 0.29) is 55.3 Å². The number of hydrogen-bond acceptors (Lipinski definition) is 11. The largest absolute Gasteiger partial charge is 0.476 e. The predicted octanol–water partition coefficient (Wildman–Crippen LogP) is 3.76. The maximum atomic E-state index is 11.6. The van der Waals surface area contributed by atoms with Crippen molar-refractivity contribution in [2.24, 2.45) is 11.8 Å². The highest BCUT2D eigenvalue weighted by atomic mass is 35.5. The van der Waals surface area contributed by atoms with Gasteiger partial charge in [0.25, 0.3) is 11.8 Å². The van der Waals surface area contributed by atoms with Crippen LogP contribution in [0.5, 0.6) is 11.8 Å². The Hall–Kier alpha value is -2.79. The molecule has 0 aliphatic rings. The molecule has 11 nitrogen and oxygen atoms in total. The lowest BCUT2D eigenvalue weighted by Gasteiger charge is -2.14. The highest BCUT2D eigenvalue weighted by Crippen LogP contribution is 2.29. The van der Waals surface area contributed by atoms with E-state index in [1.54, 1.807) is 6.07 Å². The van der Waals surface area contributed by atoms with Gasteiger partial charge in [0.2, 0.25) is 0 Å². The van der Waals surface area contributed by atoms with E-state index in [2.05, 4.69) is 10.3 Å². The number of aromatic nitrogens is 2. The zero-order chi connectivity index (χ0) is 25.7. The minimum Gasteiger partial charge on any atom is -0.476 e. The van der Waals surface area contributed by atoms with E-state index in [0.717, 1.165) is 6.42 Å². The van der Waals surface area contributed by atoms with Crippen molar-refractivity contribution in [3.05, 3.63) is 23.7 Å². The zero-order valence-corrected chi connectivity index (χ0v) is 22.1. The van der Waals surface area contributed by atoms with E-state index in [4.69, 9.17) is 33.1 Å². The number of carbonyl (C=O) groups excluding carboxylic acids is 2. The van der Waals surface area contributed by atoms with Crippen LogP contribution in [0.25, 0.3) is 0 Å². The molecule has 0 saturated heterocycles. The highest BCUT2D eigenvalue weighted by Gasteiger charge is 2.30. The first-order valence-corrected chi connectivity index (χ1v) is 11.1. The first-order chi connectivity index (χ1) is 16.2. The normalized spacial score (nSPS) is 12.2. The van der Waals surface area contributed by atoms with E-state index in [9.17, 15) is 9.59 Å². The summed E-state index contributed by atoms with van der Waals surface area (Å²) >= 11 is 0. The van der Waals surface area contributed by atoms with Gasteiger partial charge in [0.05, 0.1) is 27.4 Å². The van der Waals surface area contributed by atoms with Crippen molar-refractivity contribution >= 4 is 24.3 Å². The Morgan fingerprint density at radius 1 is 0.857 bits per heavy atom. The second-order valence-corrected chi connectivity index (χ2v) is 8.05. The van der Waals surface area contributed by atoms with Crippen LogP contribution in [0.15, 0.2) is 21.2 Å². The number of ether oxygens (including phenoxy) is 4. The van der Waals surface area contributed by atoms with Crippen molar-refractivity contribution in [3.63, 3.8) is 0 Å². The summed E-state index contributed by atoms with van der Waals surface area (Å²) in [6.07, 6.45) is 0.896. The molecule has 0 radical (unpaired) electrons. The van der Waals surface area contributed by atoms with Gasteiger partial charge in [-0.2, -0.15) is 0 Å². The summed E-state index contributed by atoms with van der Waals surface area (Å²) < 4.78 is 30.0. The second-order valence-electron chi connectivity index (χ2n) is 8.05. The van der Waals surface area contributed by atoms with Crippen LogP contribution in [-0.4, -0.2) is 61.4 Å². The summed E-state index contributed by atoms with van der Waals surface area (Å²) in [6, 6.07) is 3.19. The van der Waals surface area contributed by atoms with Crippen LogP contribution in [0.2, 0.25) is 0 Å². The molecular weight excluding hydrogens is 484 g/mol. The Bertz CT molecular complexity index is 797. The summed E-state index contributed by atoms with van der Waals surface area (Å²) in [7, 11) is 2.69. The summed E-state index contributed by atoms with van der Waals surface area (Å²) in [5, 5.41) is 16.0. The molecule has 2 aromatic heterocycles. The van der Waals surface area contributed by atoms with Crippen molar-refractivity contribution in [1.82, 2.24) is 10.3 Å². The molecule has 2 atom stereocenters. The van der Waals surface area contributed by atoms with Crippen molar-refractivity contribution in [3.8, 4) is 11.8 Å². The third-order valence-electron chi connectivity index (χ3n) is 4.67. The van der Waals surface area contributed by atoms with Gasteiger partial charge in [-0.05, 0) is 28.6 Å². The van der Waals surface area contributed by atoms with Crippen LogP contribution in [0.1, 0.15) is 64.4 Å². The van der Waals surface area contributed by atoms with Gasteiger partial charge in [-0.1, -0.05) is 34.6 Å². The zero-order valence-electron chi connectivity index (χ0n) is 21.3. The van der Waals surface area contributed by atoms with Crippen molar-refractivity contribution < 1.29 is 42.7 Å². The number of rotatable bonds is 12. The number of halogens is 1. The Morgan fingerprint density at radius 3 is 1.57 bits per heavy atom. The van der Waals surface area contributed by atoms with E-state index < -0.39 is 11.8 Å². The van der Waals surface area contributed by atoms with Crippen molar-refractivity contribution in [2.75, 3.05) is 34.0 Å². The van der Waals surface area contributed by atoms with Crippen LogP contribution < -0.4 is 9.47 Å². The number of esters is 2. The average Bonchev–Trinajstić information content (AvgIpc) is 3.46. The fourth-order valence-electron chi connectivity index (χ4n) is 3.02. The number of aliphatic hydroxyl groups is 1. The number of aliphatic hydroxyl groups excluding tert-OH is 1. The van der Waals surface area contributed by atoms with Gasteiger partial charge < -0.3 is 33.1 Å². The van der Waals surface area contributed by atoms with Crippen LogP contribution in [0.3, 0.4) is 0 Å². The second kappa shape index (κ2) is 16.8. The highest BCUT2D eigenvalue weighted by molar-refractivity contribution is 5.85. The number of carbonyl (C=O) groups is 2. The fraction of sp³-hybridized carbons (Fsp3) is 0.652. The molecule has 2 aromatic rings. The molecule has 0 aliphatic heterocycles. The smallest absolute Gasteiger partial charge is 0.316 e. The maximum Gasteiger partial charge on any atom is 0.316 e. The van der Waals surface area contributed by atoms with Gasteiger partial charge in [0.15, 0.2) is 11.5 Å². The third-order valence-corrected chi connectivity index (χ3v) is 4.67. The quantitative estimate of drug-likeness (QED) is 0.408. The first-order valence-electron chi connectivity index (χ1n) is 11.1. The molecule has 35 heavy (non-hydrogen) atoms. The number of methoxy groups -OCH3 is 2. The summed E-state index contributed by atoms with van der Waals surface area (Å²) in [4.78, 5) is 23.2. The lowest BCUT2D eigenvalue weighted by Crippen LogP contribution is -2.19. The van der Waals surface area contributed by atoms with Gasteiger partial charge in [0.1, 0.15) is 18.4 Å². The lowest BCUT2D eigenvalue weighted by atomic mass is 9.93. The Balaban J connectivity index is 0.000000642. The molecule has 0 fully saturated rings. The van der Waals surface area contributed by atoms with E-state index in [1.165, 1.54) is 20.3 Å². The van der Waals surface area contributed by atoms with Crippen molar-refractivity contribution in [1.29, 1.82) is 0 Å². The minimum atomic E-state index is -0.501. The third kappa shape index (κ3) is 10.2. The lowest BCUT2D eigenvalue weighted by molar-refractivity contribution is -0.145. The molecular formula is C23H37ClN2O9. The fourth-order valence-corrected chi connectivity index (χ4v) is 3.02. The molecule has 12 heteroatoms. The number of hydrogen-bond donors (Lipinski definition) is 1. The summed E-state index contributed by atoms with van der Waals surface area (Å²) in [5.41, 5.74) is 0. The Kier molecular flexibility index (Phi) is 15.4. The molecule has 2 rings (SSSR count). The molecule has 0 spiro atoms. The molecule has 1 N–H and O–H groups in total. The van der Waals surface area contributed by atoms with Gasteiger partial charge in [-0.3, -0.25) is 9.59 Å². The van der Waals surface area contributed by atoms with Gasteiger partial charge >= 0.3 is 11.9 Å². The molecule has 0 amide bonds.